The van der Waals surface area contributed by atoms with Crippen molar-refractivity contribution in [3.63, 3.8) is 0 Å². The van der Waals surface area contributed by atoms with Gasteiger partial charge in [-0.05, 0) is 49.7 Å². The van der Waals surface area contributed by atoms with E-state index in [-0.39, 0.29) is 4.90 Å². The maximum Gasteiger partial charge on any atom is 0.264 e. The van der Waals surface area contributed by atoms with Crippen molar-refractivity contribution < 1.29 is 17.9 Å². The fourth-order valence-corrected chi connectivity index (χ4v) is 4.25. The van der Waals surface area contributed by atoms with E-state index >= 15 is 0 Å². The third kappa shape index (κ3) is 3.44. The van der Waals surface area contributed by atoms with Gasteiger partial charge in [-0.15, -0.1) is 0 Å². The minimum Gasteiger partial charge on any atom is -0.493 e. The minimum absolute atomic E-state index is 0.136. The summed E-state index contributed by atoms with van der Waals surface area (Å²) in [5.74, 6) is 0.838. The maximum absolute atomic E-state index is 13.1. The summed E-state index contributed by atoms with van der Waals surface area (Å²) in [7, 11) is -0.774. The molecule has 0 unspecified atom stereocenters. The second-order valence-electron chi connectivity index (χ2n) is 5.12. The number of halogens is 1. The molecule has 0 fully saturated rings. The van der Waals surface area contributed by atoms with Gasteiger partial charge < -0.3 is 9.47 Å². The van der Waals surface area contributed by atoms with Crippen molar-refractivity contribution in [2.24, 2.45) is 0 Å². The Morgan fingerprint density at radius 1 is 1.04 bits per heavy atom. The highest BCUT2D eigenvalue weighted by atomic mass is 35.5. The van der Waals surface area contributed by atoms with Crippen molar-refractivity contribution in [3.8, 4) is 11.5 Å². The average Bonchev–Trinajstić information content (AvgIpc) is 2.56. The van der Waals surface area contributed by atoms with Gasteiger partial charge in [-0.1, -0.05) is 11.6 Å². The standard InChI is InChI=1S/C17H20ClNO4S/c1-5-19(15-8-6-13(18)10-12(15)2)24(20,21)14-7-9-16(22-3)17(11-14)23-4/h6-11H,5H2,1-4H3. The van der Waals surface area contributed by atoms with Gasteiger partial charge in [-0.3, -0.25) is 4.31 Å². The van der Waals surface area contributed by atoms with Gasteiger partial charge in [0.05, 0.1) is 24.8 Å². The van der Waals surface area contributed by atoms with Crippen LogP contribution >= 0.6 is 11.6 Å². The largest absolute Gasteiger partial charge is 0.493 e. The molecule has 0 N–H and O–H groups in total. The molecule has 5 nitrogen and oxygen atoms in total. The van der Waals surface area contributed by atoms with Crippen LogP contribution in [0.2, 0.25) is 5.02 Å². The lowest BCUT2D eigenvalue weighted by Gasteiger charge is -2.25. The molecule has 0 aliphatic heterocycles. The Labute approximate surface area is 147 Å². The van der Waals surface area contributed by atoms with E-state index in [1.165, 1.54) is 30.7 Å². The van der Waals surface area contributed by atoms with Crippen LogP contribution in [0.3, 0.4) is 0 Å². The predicted molar refractivity (Wildman–Crippen MR) is 95.9 cm³/mol. The molecule has 0 aliphatic rings. The topological polar surface area (TPSA) is 55.8 Å². The molecule has 0 atom stereocenters. The molecule has 0 aromatic heterocycles. The first-order valence-electron chi connectivity index (χ1n) is 7.36. The predicted octanol–water partition coefficient (Wildman–Crippen LogP) is 3.88. The fraction of sp³-hybridized carbons (Fsp3) is 0.294. The van der Waals surface area contributed by atoms with Crippen LogP contribution in [0.5, 0.6) is 11.5 Å². The Morgan fingerprint density at radius 3 is 2.25 bits per heavy atom. The number of ether oxygens (including phenoxy) is 2. The molecule has 0 aliphatic carbocycles. The van der Waals surface area contributed by atoms with Crippen LogP contribution in [0.4, 0.5) is 5.69 Å². The van der Waals surface area contributed by atoms with Crippen LogP contribution in [0.1, 0.15) is 12.5 Å². The molecule has 7 heteroatoms. The van der Waals surface area contributed by atoms with E-state index in [1.54, 1.807) is 31.2 Å². The zero-order valence-electron chi connectivity index (χ0n) is 14.0. The number of sulfonamides is 1. The van der Waals surface area contributed by atoms with Crippen LogP contribution in [0.15, 0.2) is 41.3 Å². The molecule has 0 amide bonds. The molecule has 0 saturated heterocycles. The molecule has 2 aromatic rings. The Balaban J connectivity index is 2.54. The van der Waals surface area contributed by atoms with Crippen LogP contribution in [0, 0.1) is 6.92 Å². The summed E-state index contributed by atoms with van der Waals surface area (Å²) in [6, 6.07) is 9.67. The minimum atomic E-state index is -3.74. The van der Waals surface area contributed by atoms with Gasteiger partial charge >= 0.3 is 0 Å². The summed E-state index contributed by atoms with van der Waals surface area (Å²) < 4.78 is 37.8. The quantitative estimate of drug-likeness (QED) is 0.775. The number of nitrogens with zero attached hydrogens (tertiary/aromatic N) is 1. The van der Waals surface area contributed by atoms with E-state index in [1.807, 2.05) is 6.92 Å². The van der Waals surface area contributed by atoms with Crippen molar-refractivity contribution in [3.05, 3.63) is 47.0 Å². The third-order valence-corrected chi connectivity index (χ3v) is 5.78. The monoisotopic (exact) mass is 369 g/mol. The van der Waals surface area contributed by atoms with Crippen molar-refractivity contribution in [1.82, 2.24) is 0 Å². The lowest BCUT2D eigenvalue weighted by Crippen LogP contribution is -2.31. The van der Waals surface area contributed by atoms with Gasteiger partial charge in [0, 0.05) is 17.6 Å². The first-order valence-corrected chi connectivity index (χ1v) is 9.17. The molecule has 2 rings (SSSR count). The number of rotatable bonds is 6. The zero-order valence-corrected chi connectivity index (χ0v) is 15.6. The van der Waals surface area contributed by atoms with E-state index < -0.39 is 10.0 Å². The fourth-order valence-electron chi connectivity index (χ4n) is 2.47. The Hall–Kier alpha value is -1.92. The van der Waals surface area contributed by atoms with Gasteiger partial charge in [0.15, 0.2) is 11.5 Å². The maximum atomic E-state index is 13.1. The summed E-state index contributed by atoms with van der Waals surface area (Å²) in [5, 5.41) is 0.566. The highest BCUT2D eigenvalue weighted by Crippen LogP contribution is 2.33. The first-order chi connectivity index (χ1) is 11.3. The Bertz CT molecular complexity index is 836. The molecule has 0 radical (unpaired) electrons. The number of benzene rings is 2. The zero-order chi connectivity index (χ0) is 17.9. The van der Waals surface area contributed by atoms with Crippen molar-refractivity contribution in [2.45, 2.75) is 18.7 Å². The number of hydrogen-bond donors (Lipinski definition) is 0. The third-order valence-electron chi connectivity index (χ3n) is 3.66. The molecule has 24 heavy (non-hydrogen) atoms. The van der Waals surface area contributed by atoms with Crippen LogP contribution in [-0.4, -0.2) is 29.2 Å². The summed E-state index contributed by atoms with van der Waals surface area (Å²) >= 11 is 5.97. The normalized spacial score (nSPS) is 11.2. The summed E-state index contributed by atoms with van der Waals surface area (Å²) in [6.45, 7) is 3.90. The summed E-state index contributed by atoms with van der Waals surface area (Å²) in [6.07, 6.45) is 0. The van der Waals surface area contributed by atoms with Crippen LogP contribution in [0.25, 0.3) is 0 Å². The van der Waals surface area contributed by atoms with Gasteiger partial charge in [0.25, 0.3) is 10.0 Å². The van der Waals surface area contributed by atoms with Crippen molar-refractivity contribution in [2.75, 3.05) is 25.1 Å². The molecular formula is C17H20ClNO4S. The van der Waals surface area contributed by atoms with Gasteiger partial charge in [0.2, 0.25) is 0 Å². The lowest BCUT2D eigenvalue weighted by atomic mass is 10.2. The van der Waals surface area contributed by atoms with E-state index in [0.717, 1.165) is 5.56 Å². The van der Waals surface area contributed by atoms with E-state index in [4.69, 9.17) is 21.1 Å². The average molecular weight is 370 g/mol. The number of methoxy groups -OCH3 is 2. The highest BCUT2D eigenvalue weighted by molar-refractivity contribution is 7.92. The Morgan fingerprint density at radius 2 is 1.71 bits per heavy atom. The van der Waals surface area contributed by atoms with E-state index in [9.17, 15) is 8.42 Å². The molecule has 0 bridgehead atoms. The van der Waals surface area contributed by atoms with Crippen molar-refractivity contribution in [1.29, 1.82) is 0 Å². The number of anilines is 1. The molecule has 0 saturated carbocycles. The smallest absolute Gasteiger partial charge is 0.264 e. The highest BCUT2D eigenvalue weighted by Gasteiger charge is 2.26. The second-order valence-corrected chi connectivity index (χ2v) is 7.42. The molecule has 0 spiro atoms. The Kier molecular flexibility index (Phi) is 5.62. The second kappa shape index (κ2) is 7.32. The van der Waals surface area contributed by atoms with Gasteiger partial charge in [0.1, 0.15) is 0 Å². The summed E-state index contributed by atoms with van der Waals surface area (Å²) in [5.41, 5.74) is 1.38. The molecule has 130 valence electrons. The van der Waals surface area contributed by atoms with Crippen LogP contribution < -0.4 is 13.8 Å². The van der Waals surface area contributed by atoms with E-state index in [2.05, 4.69) is 0 Å². The summed E-state index contributed by atoms with van der Waals surface area (Å²) in [4.78, 5) is 0.136. The lowest BCUT2D eigenvalue weighted by molar-refractivity contribution is 0.354. The van der Waals surface area contributed by atoms with E-state index in [0.29, 0.717) is 28.8 Å². The number of aryl methyl sites for hydroxylation is 1. The number of hydrogen-bond acceptors (Lipinski definition) is 4. The van der Waals surface area contributed by atoms with Crippen molar-refractivity contribution >= 4 is 27.3 Å². The van der Waals surface area contributed by atoms with Gasteiger partial charge in [-0.25, -0.2) is 8.42 Å². The SMILES string of the molecule is CCN(c1ccc(Cl)cc1C)S(=O)(=O)c1ccc(OC)c(OC)c1. The molecular weight excluding hydrogens is 350 g/mol. The van der Waals surface area contributed by atoms with Crippen LogP contribution in [-0.2, 0) is 10.0 Å². The molecule has 0 heterocycles. The first kappa shape index (κ1) is 18.4. The van der Waals surface area contributed by atoms with Gasteiger partial charge in [-0.2, -0.15) is 0 Å². The molecule has 2 aromatic carbocycles.